The molecule has 0 atom stereocenters. The first-order valence-electron chi connectivity index (χ1n) is 6.97. The Bertz CT molecular complexity index is 809. The summed E-state index contributed by atoms with van der Waals surface area (Å²) in [4.78, 5) is 2.83. The standard InChI is InChI=1S/C17H17NO2S/c1-3-11-18-14-7-5-6-8-16(14)21(19,20)17-12-13(4-2)9-10-15(17)18/h4-10,12H,2-3,11H2,1H3. The van der Waals surface area contributed by atoms with Gasteiger partial charge in [0.05, 0.1) is 21.2 Å². The van der Waals surface area contributed by atoms with Crippen LogP contribution in [0.15, 0.2) is 58.8 Å². The zero-order valence-corrected chi connectivity index (χ0v) is 12.7. The molecule has 1 aliphatic heterocycles. The summed E-state index contributed by atoms with van der Waals surface area (Å²) >= 11 is 0. The highest BCUT2D eigenvalue weighted by molar-refractivity contribution is 7.92. The number of benzene rings is 2. The average Bonchev–Trinajstić information content (AvgIpc) is 2.51. The first-order valence-corrected chi connectivity index (χ1v) is 8.46. The summed E-state index contributed by atoms with van der Waals surface area (Å²) in [5, 5.41) is 0. The van der Waals surface area contributed by atoms with Gasteiger partial charge in [0.25, 0.3) is 0 Å². The van der Waals surface area contributed by atoms with Crippen LogP contribution >= 0.6 is 0 Å². The first-order chi connectivity index (χ1) is 10.1. The van der Waals surface area contributed by atoms with Crippen LogP contribution < -0.4 is 4.90 Å². The topological polar surface area (TPSA) is 37.4 Å². The summed E-state index contributed by atoms with van der Waals surface area (Å²) < 4.78 is 25.7. The van der Waals surface area contributed by atoms with Crippen molar-refractivity contribution < 1.29 is 8.42 Å². The maximum atomic E-state index is 12.9. The van der Waals surface area contributed by atoms with E-state index in [1.54, 1.807) is 24.3 Å². The van der Waals surface area contributed by atoms with E-state index in [4.69, 9.17) is 0 Å². The molecule has 21 heavy (non-hydrogen) atoms. The van der Waals surface area contributed by atoms with Crippen molar-refractivity contribution in [1.82, 2.24) is 0 Å². The van der Waals surface area contributed by atoms with Gasteiger partial charge in [0.2, 0.25) is 9.84 Å². The lowest BCUT2D eigenvalue weighted by atomic mass is 10.1. The van der Waals surface area contributed by atoms with Crippen LogP contribution in [0.5, 0.6) is 0 Å². The smallest absolute Gasteiger partial charge is 0.210 e. The number of anilines is 2. The molecule has 1 heterocycles. The molecule has 0 unspecified atom stereocenters. The van der Waals surface area contributed by atoms with Crippen molar-refractivity contribution in [1.29, 1.82) is 0 Å². The van der Waals surface area contributed by atoms with E-state index in [-0.39, 0.29) is 0 Å². The fourth-order valence-electron chi connectivity index (χ4n) is 2.72. The molecule has 0 radical (unpaired) electrons. The number of nitrogens with zero attached hydrogens (tertiary/aromatic N) is 1. The molecule has 0 amide bonds. The molecule has 3 rings (SSSR count). The molecule has 4 heteroatoms. The van der Waals surface area contributed by atoms with Gasteiger partial charge in [-0.05, 0) is 36.2 Å². The fourth-order valence-corrected chi connectivity index (χ4v) is 4.41. The predicted molar refractivity (Wildman–Crippen MR) is 85.7 cm³/mol. The van der Waals surface area contributed by atoms with Crippen LogP contribution in [0, 0.1) is 0 Å². The zero-order valence-electron chi connectivity index (χ0n) is 11.9. The summed E-state index contributed by atoms with van der Waals surface area (Å²) in [6, 6.07) is 12.7. The molecular formula is C17H17NO2S. The molecule has 0 saturated carbocycles. The number of para-hydroxylation sites is 1. The second-order valence-corrected chi connectivity index (χ2v) is 6.94. The Morgan fingerprint density at radius 2 is 1.81 bits per heavy atom. The van der Waals surface area contributed by atoms with Gasteiger partial charge in [-0.2, -0.15) is 0 Å². The van der Waals surface area contributed by atoms with Crippen molar-refractivity contribution in [3.63, 3.8) is 0 Å². The first kappa shape index (κ1) is 13.9. The van der Waals surface area contributed by atoms with Gasteiger partial charge in [0.15, 0.2) is 0 Å². The molecule has 0 saturated heterocycles. The molecule has 1 aliphatic rings. The highest BCUT2D eigenvalue weighted by atomic mass is 32.2. The Hall–Kier alpha value is -2.07. The predicted octanol–water partition coefficient (Wildman–Crippen LogP) is 4.02. The summed E-state index contributed by atoms with van der Waals surface area (Å²) in [5.41, 5.74) is 2.33. The number of hydrogen-bond acceptors (Lipinski definition) is 3. The van der Waals surface area contributed by atoms with Crippen molar-refractivity contribution >= 4 is 27.3 Å². The molecule has 3 nitrogen and oxygen atoms in total. The highest BCUT2D eigenvalue weighted by Gasteiger charge is 2.33. The van der Waals surface area contributed by atoms with Gasteiger partial charge in [-0.1, -0.05) is 37.8 Å². The van der Waals surface area contributed by atoms with E-state index in [0.29, 0.717) is 9.79 Å². The molecule has 0 N–H and O–H groups in total. The molecule has 0 fully saturated rings. The van der Waals surface area contributed by atoms with Gasteiger partial charge in [0.1, 0.15) is 0 Å². The SMILES string of the molecule is C=Cc1ccc2c(c1)S(=O)(=O)c1ccccc1N2CCC. The van der Waals surface area contributed by atoms with Crippen LogP contribution in [-0.2, 0) is 9.84 Å². The van der Waals surface area contributed by atoms with Gasteiger partial charge < -0.3 is 4.90 Å². The summed E-state index contributed by atoms with van der Waals surface area (Å²) in [6.45, 7) is 6.59. The van der Waals surface area contributed by atoms with E-state index in [1.165, 1.54) is 0 Å². The molecule has 0 aromatic heterocycles. The lowest BCUT2D eigenvalue weighted by Gasteiger charge is -2.32. The number of rotatable bonds is 3. The monoisotopic (exact) mass is 299 g/mol. The van der Waals surface area contributed by atoms with E-state index in [2.05, 4.69) is 18.4 Å². The van der Waals surface area contributed by atoms with Crippen molar-refractivity contribution in [2.24, 2.45) is 0 Å². The quantitative estimate of drug-likeness (QED) is 0.859. The van der Waals surface area contributed by atoms with Crippen molar-refractivity contribution in [2.45, 2.75) is 23.1 Å². The van der Waals surface area contributed by atoms with Crippen molar-refractivity contribution in [3.05, 3.63) is 54.6 Å². The second kappa shape index (κ2) is 5.04. The molecule has 2 aromatic carbocycles. The lowest BCUT2D eigenvalue weighted by molar-refractivity contribution is 0.594. The Kier molecular flexibility index (Phi) is 3.33. The highest BCUT2D eigenvalue weighted by Crippen LogP contribution is 2.44. The van der Waals surface area contributed by atoms with Gasteiger partial charge in [0, 0.05) is 6.54 Å². The molecular weight excluding hydrogens is 282 g/mol. The van der Waals surface area contributed by atoms with E-state index in [9.17, 15) is 8.42 Å². The molecule has 2 aromatic rings. The van der Waals surface area contributed by atoms with Crippen LogP contribution in [0.3, 0.4) is 0 Å². The normalized spacial score (nSPS) is 15.2. The number of hydrogen-bond donors (Lipinski definition) is 0. The average molecular weight is 299 g/mol. The third kappa shape index (κ3) is 2.07. The van der Waals surface area contributed by atoms with Crippen LogP contribution in [0.2, 0.25) is 0 Å². The Labute approximate surface area is 125 Å². The Morgan fingerprint density at radius 3 is 2.52 bits per heavy atom. The third-order valence-electron chi connectivity index (χ3n) is 3.69. The van der Waals surface area contributed by atoms with Crippen LogP contribution in [0.4, 0.5) is 11.4 Å². The Balaban J connectivity index is 2.33. The largest absolute Gasteiger partial charge is 0.339 e. The van der Waals surface area contributed by atoms with Gasteiger partial charge in [-0.15, -0.1) is 0 Å². The lowest BCUT2D eigenvalue weighted by Crippen LogP contribution is -2.26. The van der Waals surface area contributed by atoms with E-state index in [1.807, 2.05) is 24.3 Å². The maximum absolute atomic E-state index is 12.9. The van der Waals surface area contributed by atoms with E-state index < -0.39 is 9.84 Å². The van der Waals surface area contributed by atoms with E-state index >= 15 is 0 Å². The second-order valence-electron chi connectivity index (χ2n) is 5.05. The zero-order chi connectivity index (χ0) is 15.0. The minimum absolute atomic E-state index is 0.368. The van der Waals surface area contributed by atoms with Crippen molar-refractivity contribution in [2.75, 3.05) is 11.4 Å². The molecule has 0 spiro atoms. The fraction of sp³-hybridized carbons (Fsp3) is 0.176. The van der Waals surface area contributed by atoms with Gasteiger partial charge in [-0.25, -0.2) is 8.42 Å². The number of sulfone groups is 1. The van der Waals surface area contributed by atoms with E-state index in [0.717, 1.165) is 29.9 Å². The van der Waals surface area contributed by atoms with Crippen molar-refractivity contribution in [3.8, 4) is 0 Å². The summed E-state index contributed by atoms with van der Waals surface area (Å²) in [5.74, 6) is 0. The molecule has 0 bridgehead atoms. The van der Waals surface area contributed by atoms with Crippen LogP contribution in [-0.4, -0.2) is 15.0 Å². The molecule has 108 valence electrons. The minimum atomic E-state index is -3.47. The maximum Gasteiger partial charge on any atom is 0.210 e. The minimum Gasteiger partial charge on any atom is -0.339 e. The molecule has 0 aliphatic carbocycles. The van der Waals surface area contributed by atoms with Crippen LogP contribution in [0.25, 0.3) is 6.08 Å². The summed E-state index contributed by atoms with van der Waals surface area (Å²) in [6.07, 6.45) is 2.61. The Morgan fingerprint density at radius 1 is 1.10 bits per heavy atom. The third-order valence-corrected chi connectivity index (χ3v) is 5.52. The van der Waals surface area contributed by atoms with Gasteiger partial charge in [-0.3, -0.25) is 0 Å². The summed E-state index contributed by atoms with van der Waals surface area (Å²) in [7, 11) is -3.47. The van der Waals surface area contributed by atoms with Crippen LogP contribution in [0.1, 0.15) is 18.9 Å². The number of fused-ring (bicyclic) bond motifs is 2. The van der Waals surface area contributed by atoms with Gasteiger partial charge >= 0.3 is 0 Å².